The van der Waals surface area contributed by atoms with E-state index in [0.717, 1.165) is 41.4 Å². The maximum absolute atomic E-state index is 6.01. The summed E-state index contributed by atoms with van der Waals surface area (Å²) in [6.45, 7) is 1.99. The van der Waals surface area contributed by atoms with E-state index in [1.165, 1.54) is 25.7 Å². The minimum atomic E-state index is 0.771. The van der Waals surface area contributed by atoms with Gasteiger partial charge in [0.25, 0.3) is 0 Å². The van der Waals surface area contributed by atoms with Gasteiger partial charge < -0.3 is 16.0 Å². The number of aromatic nitrogens is 1. The molecule has 1 aromatic carbocycles. The molecule has 4 nitrogen and oxygen atoms in total. The number of nitrogens with two attached hydrogens (primary N) is 1. The molecule has 0 spiro atoms. The lowest BCUT2D eigenvalue weighted by atomic mass is 10.1. The van der Waals surface area contributed by atoms with Crippen LogP contribution in [0.4, 0.5) is 11.4 Å². The fraction of sp³-hybridized carbons (Fsp3) is 0.471. The summed E-state index contributed by atoms with van der Waals surface area (Å²) in [6, 6.07) is 8.70. The number of fused-ring (bicyclic) bond motifs is 1. The third-order valence-corrected chi connectivity index (χ3v) is 4.53. The molecule has 0 atom stereocenters. The number of anilines is 2. The van der Waals surface area contributed by atoms with E-state index in [-0.39, 0.29) is 0 Å². The van der Waals surface area contributed by atoms with Crippen molar-refractivity contribution >= 4 is 22.3 Å². The molecule has 2 aromatic rings. The summed E-state index contributed by atoms with van der Waals surface area (Å²) >= 11 is 0. The van der Waals surface area contributed by atoms with Crippen molar-refractivity contribution in [2.45, 2.75) is 31.7 Å². The minimum absolute atomic E-state index is 0.771. The van der Waals surface area contributed by atoms with Crippen LogP contribution in [-0.2, 0) is 0 Å². The average Bonchev–Trinajstić information content (AvgIpc) is 3.04. The Hall–Kier alpha value is -1.81. The number of likely N-dealkylation sites (N-methyl/N-ethyl adjacent to an activating group) is 1. The van der Waals surface area contributed by atoms with E-state index in [4.69, 9.17) is 5.73 Å². The molecule has 1 heterocycles. The van der Waals surface area contributed by atoms with Crippen molar-refractivity contribution in [2.75, 3.05) is 31.2 Å². The molecule has 1 fully saturated rings. The standard InChI is InChI=1S/C17H24N4/c1-21(13-5-2-3-6-13)12-11-19-16-9-8-15(18)14-7-4-10-20-17(14)16/h4,7-10,13,19H,2-3,5-6,11-12,18H2,1H3. The Morgan fingerprint density at radius 2 is 2.10 bits per heavy atom. The number of pyridine rings is 1. The van der Waals surface area contributed by atoms with Crippen LogP contribution in [0.1, 0.15) is 25.7 Å². The molecule has 0 radical (unpaired) electrons. The predicted octanol–water partition coefficient (Wildman–Crippen LogP) is 3.10. The van der Waals surface area contributed by atoms with Gasteiger partial charge in [-0.25, -0.2) is 0 Å². The molecule has 112 valence electrons. The molecule has 4 heteroatoms. The van der Waals surface area contributed by atoms with Gasteiger partial charge in [0.2, 0.25) is 0 Å². The molecule has 0 saturated heterocycles. The highest BCUT2D eigenvalue weighted by atomic mass is 15.1. The smallest absolute Gasteiger partial charge is 0.0953 e. The predicted molar refractivity (Wildman–Crippen MR) is 89.5 cm³/mol. The van der Waals surface area contributed by atoms with E-state index in [0.29, 0.717) is 0 Å². The third kappa shape index (κ3) is 3.10. The SMILES string of the molecule is CN(CCNc1ccc(N)c2cccnc12)C1CCCC1. The molecule has 1 saturated carbocycles. The summed E-state index contributed by atoms with van der Waals surface area (Å²) in [7, 11) is 2.23. The van der Waals surface area contributed by atoms with Crippen molar-refractivity contribution in [1.29, 1.82) is 0 Å². The van der Waals surface area contributed by atoms with Crippen LogP contribution in [-0.4, -0.2) is 36.1 Å². The first kappa shape index (κ1) is 14.1. The van der Waals surface area contributed by atoms with Gasteiger partial charge in [0.1, 0.15) is 0 Å². The van der Waals surface area contributed by atoms with E-state index in [1.54, 1.807) is 0 Å². The number of nitrogens with zero attached hydrogens (tertiary/aromatic N) is 2. The summed E-state index contributed by atoms with van der Waals surface area (Å²) < 4.78 is 0. The van der Waals surface area contributed by atoms with E-state index in [1.807, 2.05) is 30.5 Å². The number of rotatable bonds is 5. The van der Waals surface area contributed by atoms with Crippen molar-refractivity contribution < 1.29 is 0 Å². The molecule has 1 aromatic heterocycles. The maximum atomic E-state index is 6.01. The summed E-state index contributed by atoms with van der Waals surface area (Å²) in [5.74, 6) is 0. The Morgan fingerprint density at radius 1 is 1.29 bits per heavy atom. The third-order valence-electron chi connectivity index (χ3n) is 4.53. The topological polar surface area (TPSA) is 54.2 Å². The molecule has 1 aliphatic carbocycles. The molecule has 1 aliphatic rings. The molecule has 3 N–H and O–H groups in total. The largest absolute Gasteiger partial charge is 0.398 e. The second-order valence-corrected chi connectivity index (χ2v) is 5.95. The van der Waals surface area contributed by atoms with Crippen molar-refractivity contribution in [3.8, 4) is 0 Å². The highest BCUT2D eigenvalue weighted by molar-refractivity contribution is 5.98. The fourth-order valence-corrected chi connectivity index (χ4v) is 3.23. The van der Waals surface area contributed by atoms with E-state index in [9.17, 15) is 0 Å². The zero-order chi connectivity index (χ0) is 14.7. The van der Waals surface area contributed by atoms with Crippen LogP contribution in [0.5, 0.6) is 0 Å². The van der Waals surface area contributed by atoms with Crippen LogP contribution in [0.15, 0.2) is 30.5 Å². The lowest BCUT2D eigenvalue weighted by Crippen LogP contribution is -2.33. The summed E-state index contributed by atoms with van der Waals surface area (Å²) in [6.07, 6.45) is 7.28. The van der Waals surface area contributed by atoms with Crippen LogP contribution in [0.2, 0.25) is 0 Å². The number of nitrogens with one attached hydrogen (secondary N) is 1. The van der Waals surface area contributed by atoms with E-state index < -0.39 is 0 Å². The zero-order valence-electron chi connectivity index (χ0n) is 12.7. The van der Waals surface area contributed by atoms with Gasteiger partial charge in [0.15, 0.2) is 0 Å². The second kappa shape index (κ2) is 6.31. The fourth-order valence-electron chi connectivity index (χ4n) is 3.23. The van der Waals surface area contributed by atoms with Crippen molar-refractivity contribution in [2.24, 2.45) is 0 Å². The molecule has 3 rings (SSSR count). The molecule has 21 heavy (non-hydrogen) atoms. The highest BCUT2D eigenvalue weighted by Crippen LogP contribution is 2.26. The van der Waals surface area contributed by atoms with Gasteiger partial charge in [-0.15, -0.1) is 0 Å². The molecule has 0 aliphatic heterocycles. The molecule has 0 unspecified atom stereocenters. The quantitative estimate of drug-likeness (QED) is 0.828. The monoisotopic (exact) mass is 284 g/mol. The first-order chi connectivity index (χ1) is 10.3. The Morgan fingerprint density at radius 3 is 2.90 bits per heavy atom. The van der Waals surface area contributed by atoms with Crippen molar-refractivity contribution in [3.05, 3.63) is 30.5 Å². The van der Waals surface area contributed by atoms with Gasteiger partial charge in [-0.2, -0.15) is 0 Å². The number of nitrogen functional groups attached to an aromatic ring is 1. The Bertz CT molecular complexity index is 605. The minimum Gasteiger partial charge on any atom is -0.398 e. The number of benzene rings is 1. The summed E-state index contributed by atoms with van der Waals surface area (Å²) in [4.78, 5) is 6.94. The zero-order valence-corrected chi connectivity index (χ0v) is 12.7. The first-order valence-electron chi connectivity index (χ1n) is 7.83. The second-order valence-electron chi connectivity index (χ2n) is 5.95. The van der Waals surface area contributed by atoms with Crippen molar-refractivity contribution in [1.82, 2.24) is 9.88 Å². The summed E-state index contributed by atoms with van der Waals surface area (Å²) in [5.41, 5.74) is 8.82. The van der Waals surface area contributed by atoms with Crippen LogP contribution >= 0.6 is 0 Å². The van der Waals surface area contributed by atoms with E-state index >= 15 is 0 Å². The van der Waals surface area contributed by atoms with Crippen molar-refractivity contribution in [3.63, 3.8) is 0 Å². The number of hydrogen-bond acceptors (Lipinski definition) is 4. The first-order valence-corrected chi connectivity index (χ1v) is 7.83. The highest BCUT2D eigenvalue weighted by Gasteiger charge is 2.18. The lowest BCUT2D eigenvalue weighted by molar-refractivity contribution is 0.254. The van der Waals surface area contributed by atoms with Crippen LogP contribution in [0.3, 0.4) is 0 Å². The summed E-state index contributed by atoms with van der Waals surface area (Å²) in [5, 5.41) is 4.53. The Labute approximate surface area is 126 Å². The van der Waals surface area contributed by atoms with E-state index in [2.05, 4.69) is 22.2 Å². The van der Waals surface area contributed by atoms with Gasteiger partial charge in [0, 0.05) is 36.4 Å². The average molecular weight is 284 g/mol. The molecule has 0 bridgehead atoms. The van der Waals surface area contributed by atoms with Crippen LogP contribution in [0.25, 0.3) is 10.9 Å². The number of hydrogen-bond donors (Lipinski definition) is 2. The molecular weight excluding hydrogens is 260 g/mol. The van der Waals surface area contributed by atoms with Gasteiger partial charge in [-0.05, 0) is 44.2 Å². The van der Waals surface area contributed by atoms with Gasteiger partial charge in [-0.1, -0.05) is 12.8 Å². The maximum Gasteiger partial charge on any atom is 0.0953 e. The van der Waals surface area contributed by atoms with Gasteiger partial charge in [-0.3, -0.25) is 4.98 Å². The normalized spacial score (nSPS) is 15.9. The molecule has 0 amide bonds. The molecular formula is C17H24N4. The van der Waals surface area contributed by atoms with Crippen LogP contribution in [0, 0.1) is 0 Å². The Balaban J connectivity index is 1.64. The van der Waals surface area contributed by atoms with Gasteiger partial charge >= 0.3 is 0 Å². The Kier molecular flexibility index (Phi) is 4.25. The van der Waals surface area contributed by atoms with Crippen LogP contribution < -0.4 is 11.1 Å². The lowest BCUT2D eigenvalue weighted by Gasteiger charge is -2.24. The van der Waals surface area contributed by atoms with Gasteiger partial charge in [0.05, 0.1) is 11.2 Å².